The largest absolute Gasteiger partial charge is 0.338 e. The van der Waals surface area contributed by atoms with E-state index in [-0.39, 0.29) is 18.1 Å². The third-order valence-corrected chi connectivity index (χ3v) is 4.33. The Bertz CT molecular complexity index is 686. The van der Waals surface area contributed by atoms with Gasteiger partial charge in [-0.2, -0.15) is 0 Å². The number of hydrogen-bond acceptors (Lipinski definition) is 1. The molecule has 0 saturated carbocycles. The summed E-state index contributed by atoms with van der Waals surface area (Å²) in [5.74, 6) is -0.356. The smallest absolute Gasteiger partial charge is 0.227 e. The summed E-state index contributed by atoms with van der Waals surface area (Å²) in [7, 11) is 0. The first-order chi connectivity index (χ1) is 10.1. The molecule has 0 aromatic heterocycles. The fraction of sp³-hybridized carbons (Fsp3) is 0.235. The van der Waals surface area contributed by atoms with E-state index in [1.807, 2.05) is 17.0 Å². The standard InChI is InChI=1S/C17H15BrFNO/c18-15-5-6-16(19)14(9-15)10-17(21)20-8-7-12-3-1-2-4-13(12)11-20/h1-6,9H,7-8,10-11H2. The zero-order chi connectivity index (χ0) is 14.8. The average molecular weight is 348 g/mol. The van der Waals surface area contributed by atoms with Gasteiger partial charge in [-0.25, -0.2) is 4.39 Å². The molecule has 1 aliphatic heterocycles. The number of benzene rings is 2. The molecule has 0 radical (unpaired) electrons. The van der Waals surface area contributed by atoms with Crippen LogP contribution >= 0.6 is 15.9 Å². The summed E-state index contributed by atoms with van der Waals surface area (Å²) in [5, 5.41) is 0. The molecule has 1 heterocycles. The monoisotopic (exact) mass is 347 g/mol. The van der Waals surface area contributed by atoms with Crippen molar-refractivity contribution in [3.05, 3.63) is 69.4 Å². The van der Waals surface area contributed by atoms with Gasteiger partial charge in [0.1, 0.15) is 5.82 Å². The van der Waals surface area contributed by atoms with Gasteiger partial charge in [-0.3, -0.25) is 4.79 Å². The van der Waals surface area contributed by atoms with E-state index in [1.165, 1.54) is 17.2 Å². The zero-order valence-corrected chi connectivity index (χ0v) is 13.1. The van der Waals surface area contributed by atoms with Crippen LogP contribution in [0.5, 0.6) is 0 Å². The topological polar surface area (TPSA) is 20.3 Å². The molecule has 0 N–H and O–H groups in total. The molecule has 2 aromatic rings. The Morgan fingerprint density at radius 2 is 1.95 bits per heavy atom. The molecule has 0 saturated heterocycles. The van der Waals surface area contributed by atoms with E-state index in [1.54, 1.807) is 12.1 Å². The Kier molecular flexibility index (Phi) is 4.06. The molecule has 0 unspecified atom stereocenters. The second kappa shape index (κ2) is 5.98. The molecule has 1 aliphatic rings. The van der Waals surface area contributed by atoms with Gasteiger partial charge in [0, 0.05) is 17.6 Å². The molecule has 108 valence electrons. The normalized spacial score (nSPS) is 13.9. The van der Waals surface area contributed by atoms with Crippen LogP contribution in [0.3, 0.4) is 0 Å². The molecule has 3 rings (SSSR count). The Morgan fingerprint density at radius 1 is 1.19 bits per heavy atom. The predicted octanol–water partition coefficient (Wildman–Crippen LogP) is 3.72. The molecule has 0 spiro atoms. The van der Waals surface area contributed by atoms with Gasteiger partial charge < -0.3 is 4.90 Å². The summed E-state index contributed by atoms with van der Waals surface area (Å²) < 4.78 is 14.5. The SMILES string of the molecule is O=C(Cc1cc(Br)ccc1F)N1CCc2ccccc2C1. The number of nitrogens with zero attached hydrogens (tertiary/aromatic N) is 1. The van der Waals surface area contributed by atoms with E-state index in [4.69, 9.17) is 0 Å². The molecule has 0 fully saturated rings. The Balaban J connectivity index is 1.74. The number of amides is 1. The second-order valence-electron chi connectivity index (χ2n) is 5.25. The maximum Gasteiger partial charge on any atom is 0.227 e. The molecule has 2 aromatic carbocycles. The molecule has 0 bridgehead atoms. The molecule has 4 heteroatoms. The lowest BCUT2D eigenvalue weighted by atomic mass is 9.99. The fourth-order valence-corrected chi connectivity index (χ4v) is 3.07. The average Bonchev–Trinajstić information content (AvgIpc) is 2.50. The number of fused-ring (bicyclic) bond motifs is 1. The number of halogens is 2. The Morgan fingerprint density at radius 3 is 2.76 bits per heavy atom. The number of hydrogen-bond donors (Lipinski definition) is 0. The van der Waals surface area contributed by atoms with Crippen LogP contribution in [0.4, 0.5) is 4.39 Å². The summed E-state index contributed by atoms with van der Waals surface area (Å²) in [5.41, 5.74) is 2.93. The van der Waals surface area contributed by atoms with Crippen molar-refractivity contribution in [3.63, 3.8) is 0 Å². The van der Waals surface area contributed by atoms with Crippen LogP contribution in [0.15, 0.2) is 46.9 Å². The van der Waals surface area contributed by atoms with E-state index < -0.39 is 0 Å². The summed E-state index contributed by atoms with van der Waals surface area (Å²) >= 11 is 3.31. The van der Waals surface area contributed by atoms with E-state index in [0.717, 1.165) is 10.9 Å². The summed E-state index contributed by atoms with van der Waals surface area (Å²) in [6.45, 7) is 1.32. The van der Waals surface area contributed by atoms with Crippen LogP contribution in [-0.2, 0) is 24.2 Å². The minimum absolute atomic E-state index is 0.0264. The summed E-state index contributed by atoms with van der Waals surface area (Å²) in [6, 6.07) is 12.9. The van der Waals surface area contributed by atoms with Crippen LogP contribution in [0.2, 0.25) is 0 Å². The fourth-order valence-electron chi connectivity index (χ4n) is 2.66. The molecule has 21 heavy (non-hydrogen) atoms. The lowest BCUT2D eigenvalue weighted by molar-refractivity contribution is -0.131. The Labute approximate surface area is 131 Å². The van der Waals surface area contributed by atoms with Crippen LogP contribution in [-0.4, -0.2) is 17.4 Å². The van der Waals surface area contributed by atoms with Crippen molar-refractivity contribution in [3.8, 4) is 0 Å². The first kappa shape index (κ1) is 14.3. The van der Waals surface area contributed by atoms with Gasteiger partial charge in [-0.05, 0) is 41.3 Å². The molecule has 2 nitrogen and oxygen atoms in total. The van der Waals surface area contributed by atoms with Crippen molar-refractivity contribution in [2.24, 2.45) is 0 Å². The van der Waals surface area contributed by atoms with Crippen LogP contribution in [0.1, 0.15) is 16.7 Å². The second-order valence-corrected chi connectivity index (χ2v) is 6.16. The van der Waals surface area contributed by atoms with Gasteiger partial charge in [0.15, 0.2) is 0 Å². The van der Waals surface area contributed by atoms with Gasteiger partial charge in [-0.15, -0.1) is 0 Å². The van der Waals surface area contributed by atoms with E-state index in [9.17, 15) is 9.18 Å². The van der Waals surface area contributed by atoms with Gasteiger partial charge in [-0.1, -0.05) is 40.2 Å². The van der Waals surface area contributed by atoms with E-state index >= 15 is 0 Å². The van der Waals surface area contributed by atoms with Crippen molar-refractivity contribution in [1.82, 2.24) is 4.90 Å². The molecular formula is C17H15BrFNO. The number of carbonyl (C=O) groups excluding carboxylic acids is 1. The zero-order valence-electron chi connectivity index (χ0n) is 11.5. The van der Waals surface area contributed by atoms with Crippen molar-refractivity contribution in [2.45, 2.75) is 19.4 Å². The summed E-state index contributed by atoms with van der Waals surface area (Å²) in [6.07, 6.45) is 0.969. The lowest BCUT2D eigenvalue weighted by Crippen LogP contribution is -2.37. The van der Waals surface area contributed by atoms with E-state index in [2.05, 4.69) is 28.1 Å². The molecular weight excluding hydrogens is 333 g/mol. The molecule has 0 aliphatic carbocycles. The number of rotatable bonds is 2. The van der Waals surface area contributed by atoms with Crippen molar-refractivity contribution in [2.75, 3.05) is 6.54 Å². The van der Waals surface area contributed by atoms with Crippen LogP contribution in [0.25, 0.3) is 0 Å². The highest BCUT2D eigenvalue weighted by Gasteiger charge is 2.21. The van der Waals surface area contributed by atoms with Gasteiger partial charge >= 0.3 is 0 Å². The molecule has 0 atom stereocenters. The first-order valence-corrected chi connectivity index (χ1v) is 7.71. The summed E-state index contributed by atoms with van der Waals surface area (Å²) in [4.78, 5) is 14.2. The highest BCUT2D eigenvalue weighted by Crippen LogP contribution is 2.21. The maximum atomic E-state index is 13.7. The maximum absolute atomic E-state index is 13.7. The number of carbonyl (C=O) groups is 1. The molecule has 1 amide bonds. The minimum Gasteiger partial charge on any atom is -0.338 e. The van der Waals surface area contributed by atoms with Crippen LogP contribution in [0, 0.1) is 5.82 Å². The van der Waals surface area contributed by atoms with Crippen molar-refractivity contribution < 1.29 is 9.18 Å². The van der Waals surface area contributed by atoms with Crippen molar-refractivity contribution >= 4 is 21.8 Å². The van der Waals surface area contributed by atoms with Crippen molar-refractivity contribution in [1.29, 1.82) is 0 Å². The third kappa shape index (κ3) is 3.16. The quantitative estimate of drug-likeness (QED) is 0.810. The van der Waals surface area contributed by atoms with Gasteiger partial charge in [0.25, 0.3) is 0 Å². The van der Waals surface area contributed by atoms with Crippen LogP contribution < -0.4 is 0 Å². The third-order valence-electron chi connectivity index (χ3n) is 3.83. The van der Waals surface area contributed by atoms with Gasteiger partial charge in [0.05, 0.1) is 6.42 Å². The van der Waals surface area contributed by atoms with E-state index in [0.29, 0.717) is 18.7 Å². The lowest BCUT2D eigenvalue weighted by Gasteiger charge is -2.29. The Hall–Kier alpha value is -1.68. The minimum atomic E-state index is -0.330. The highest BCUT2D eigenvalue weighted by atomic mass is 79.9. The highest BCUT2D eigenvalue weighted by molar-refractivity contribution is 9.10. The van der Waals surface area contributed by atoms with Gasteiger partial charge in [0.2, 0.25) is 5.91 Å². The predicted molar refractivity (Wildman–Crippen MR) is 83.4 cm³/mol. The first-order valence-electron chi connectivity index (χ1n) is 6.92.